The van der Waals surface area contributed by atoms with Gasteiger partial charge in [-0.1, -0.05) is 23.2 Å². The highest BCUT2D eigenvalue weighted by Gasteiger charge is 2.19. The maximum absolute atomic E-state index is 12.3. The monoisotopic (exact) mass is 345 g/mol. The minimum absolute atomic E-state index is 0.253. The fourth-order valence-corrected chi connectivity index (χ4v) is 3.13. The first-order chi connectivity index (χ1) is 10.6. The second-order valence-electron chi connectivity index (χ2n) is 5.39. The molecule has 0 aliphatic carbocycles. The zero-order chi connectivity index (χ0) is 15.9. The van der Waals surface area contributed by atoms with Crippen LogP contribution in [0, 0.1) is 5.92 Å². The van der Waals surface area contributed by atoms with E-state index in [4.69, 9.17) is 32.7 Å². The molecule has 1 aromatic rings. The Hall–Kier alpha value is -0.970. The van der Waals surface area contributed by atoms with E-state index in [0.717, 1.165) is 38.9 Å². The Morgan fingerprint density at radius 3 is 2.68 bits per heavy atom. The van der Waals surface area contributed by atoms with Gasteiger partial charge in [-0.2, -0.15) is 0 Å². The summed E-state index contributed by atoms with van der Waals surface area (Å²) in [7, 11) is 1.47. The van der Waals surface area contributed by atoms with Crippen molar-refractivity contribution >= 4 is 29.1 Å². The van der Waals surface area contributed by atoms with Crippen molar-refractivity contribution in [3.8, 4) is 5.75 Å². The average Bonchev–Trinajstić information content (AvgIpc) is 2.54. The van der Waals surface area contributed by atoms with E-state index < -0.39 is 0 Å². The fourth-order valence-electron chi connectivity index (χ4n) is 2.66. The van der Waals surface area contributed by atoms with E-state index in [1.807, 2.05) is 0 Å². The smallest absolute Gasteiger partial charge is 0.256 e. The van der Waals surface area contributed by atoms with Gasteiger partial charge in [0.15, 0.2) is 5.75 Å². The fraction of sp³-hybridized carbons (Fsp3) is 0.562. The van der Waals surface area contributed by atoms with Crippen LogP contribution in [-0.2, 0) is 4.74 Å². The second kappa shape index (κ2) is 8.61. The predicted molar refractivity (Wildman–Crippen MR) is 88.1 cm³/mol. The Bertz CT molecular complexity index is 516. The molecule has 1 aliphatic rings. The molecule has 0 bridgehead atoms. The molecule has 1 fully saturated rings. The molecule has 1 heterocycles. The lowest BCUT2D eigenvalue weighted by Gasteiger charge is -2.21. The molecule has 122 valence electrons. The van der Waals surface area contributed by atoms with Crippen LogP contribution in [-0.4, -0.2) is 32.8 Å². The third-order valence-electron chi connectivity index (χ3n) is 3.91. The summed E-state index contributed by atoms with van der Waals surface area (Å²) in [5.74, 6) is 0.766. The van der Waals surface area contributed by atoms with Gasteiger partial charge in [-0.15, -0.1) is 0 Å². The molecule has 2 rings (SSSR count). The highest BCUT2D eigenvalue weighted by Crippen LogP contribution is 2.33. The summed E-state index contributed by atoms with van der Waals surface area (Å²) < 4.78 is 10.5. The number of carbonyl (C=O) groups excluding carboxylic acids is 1. The normalized spacial score (nSPS) is 15.6. The van der Waals surface area contributed by atoms with Gasteiger partial charge in [0.25, 0.3) is 5.91 Å². The molecule has 0 saturated carbocycles. The predicted octanol–water partition coefficient (Wildman–Crippen LogP) is 3.94. The highest BCUT2D eigenvalue weighted by atomic mass is 35.5. The van der Waals surface area contributed by atoms with Crippen molar-refractivity contribution < 1.29 is 14.3 Å². The van der Waals surface area contributed by atoms with E-state index in [1.54, 1.807) is 12.1 Å². The first kappa shape index (κ1) is 17.4. The van der Waals surface area contributed by atoms with Crippen molar-refractivity contribution in [3.63, 3.8) is 0 Å². The topological polar surface area (TPSA) is 47.6 Å². The van der Waals surface area contributed by atoms with Crippen LogP contribution in [0.2, 0.25) is 10.0 Å². The summed E-state index contributed by atoms with van der Waals surface area (Å²) in [5, 5.41) is 3.60. The van der Waals surface area contributed by atoms with Crippen molar-refractivity contribution in [1.82, 2.24) is 5.32 Å². The van der Waals surface area contributed by atoms with Crippen LogP contribution in [0.25, 0.3) is 0 Å². The summed E-state index contributed by atoms with van der Waals surface area (Å²) in [6, 6.07) is 3.22. The minimum Gasteiger partial charge on any atom is -0.494 e. The molecule has 0 spiro atoms. The Labute approximate surface area is 141 Å². The molecular weight excluding hydrogens is 325 g/mol. The lowest BCUT2D eigenvalue weighted by Crippen LogP contribution is -2.26. The molecule has 0 aromatic heterocycles. The van der Waals surface area contributed by atoms with E-state index in [1.165, 1.54) is 7.11 Å². The molecule has 1 N–H and O–H groups in total. The van der Waals surface area contributed by atoms with Crippen LogP contribution in [0.1, 0.15) is 36.0 Å². The molecule has 22 heavy (non-hydrogen) atoms. The van der Waals surface area contributed by atoms with Crippen LogP contribution in [0.15, 0.2) is 12.1 Å². The van der Waals surface area contributed by atoms with Gasteiger partial charge in [0.05, 0.1) is 17.2 Å². The Morgan fingerprint density at radius 2 is 2.00 bits per heavy atom. The molecule has 0 unspecified atom stereocenters. The van der Waals surface area contributed by atoms with Gasteiger partial charge in [0.2, 0.25) is 0 Å². The molecule has 1 aliphatic heterocycles. The van der Waals surface area contributed by atoms with Crippen LogP contribution in [0.3, 0.4) is 0 Å². The summed E-state index contributed by atoms with van der Waals surface area (Å²) >= 11 is 12.1. The van der Waals surface area contributed by atoms with Crippen molar-refractivity contribution in [1.29, 1.82) is 0 Å². The van der Waals surface area contributed by atoms with Gasteiger partial charge in [0.1, 0.15) is 5.56 Å². The minimum atomic E-state index is -0.253. The number of carbonyl (C=O) groups is 1. The molecule has 4 nitrogen and oxygen atoms in total. The third-order valence-corrected chi connectivity index (χ3v) is 4.52. The quantitative estimate of drug-likeness (QED) is 0.794. The van der Waals surface area contributed by atoms with Crippen molar-refractivity contribution in [2.45, 2.75) is 25.7 Å². The van der Waals surface area contributed by atoms with Crippen molar-refractivity contribution in [3.05, 3.63) is 27.7 Å². The lowest BCUT2D eigenvalue weighted by atomic mass is 9.95. The average molecular weight is 346 g/mol. The summed E-state index contributed by atoms with van der Waals surface area (Å²) in [6.45, 7) is 2.32. The molecule has 1 aromatic carbocycles. The largest absolute Gasteiger partial charge is 0.494 e. The van der Waals surface area contributed by atoms with Crippen molar-refractivity contribution in [2.24, 2.45) is 5.92 Å². The summed E-state index contributed by atoms with van der Waals surface area (Å²) in [6.07, 6.45) is 4.27. The van der Waals surface area contributed by atoms with Crippen molar-refractivity contribution in [2.75, 3.05) is 26.9 Å². The standard InChI is InChI=1S/C16H21Cl2NO3/c1-21-15-13(18)5-4-12(17)14(15)16(20)19-8-2-3-11-6-9-22-10-7-11/h4-5,11H,2-3,6-10H2,1H3,(H,19,20). The molecule has 1 amide bonds. The number of amides is 1. The second-order valence-corrected chi connectivity index (χ2v) is 6.21. The number of halogens is 2. The van der Waals surface area contributed by atoms with Gasteiger partial charge < -0.3 is 14.8 Å². The number of methoxy groups -OCH3 is 1. The molecule has 0 atom stereocenters. The number of rotatable bonds is 6. The van der Waals surface area contributed by atoms with Crippen LogP contribution >= 0.6 is 23.2 Å². The third kappa shape index (κ3) is 4.51. The lowest BCUT2D eigenvalue weighted by molar-refractivity contribution is 0.0631. The van der Waals surface area contributed by atoms with Crippen LogP contribution in [0.4, 0.5) is 0 Å². The first-order valence-corrected chi connectivity index (χ1v) is 8.27. The van der Waals surface area contributed by atoms with E-state index >= 15 is 0 Å². The number of hydrogen-bond donors (Lipinski definition) is 1. The first-order valence-electron chi connectivity index (χ1n) is 7.51. The molecule has 1 saturated heterocycles. The van der Waals surface area contributed by atoms with Gasteiger partial charge in [-0.25, -0.2) is 0 Å². The van der Waals surface area contributed by atoms with E-state index in [9.17, 15) is 4.79 Å². The molecule has 0 radical (unpaired) electrons. The number of nitrogens with one attached hydrogen (secondary N) is 1. The molecular formula is C16H21Cl2NO3. The van der Waals surface area contributed by atoms with Crippen LogP contribution < -0.4 is 10.1 Å². The van der Waals surface area contributed by atoms with Gasteiger partial charge in [-0.3, -0.25) is 4.79 Å². The number of hydrogen-bond acceptors (Lipinski definition) is 3. The van der Waals surface area contributed by atoms with Gasteiger partial charge in [-0.05, 0) is 43.7 Å². The highest BCUT2D eigenvalue weighted by molar-refractivity contribution is 6.37. The number of ether oxygens (including phenoxy) is 2. The zero-order valence-electron chi connectivity index (χ0n) is 12.7. The summed E-state index contributed by atoms with van der Waals surface area (Å²) in [4.78, 5) is 12.3. The number of benzene rings is 1. The SMILES string of the molecule is COc1c(Cl)ccc(Cl)c1C(=O)NCCCC1CCOCC1. The summed E-state index contributed by atoms with van der Waals surface area (Å²) in [5.41, 5.74) is 0.294. The maximum atomic E-state index is 12.3. The van der Waals surface area contributed by atoms with E-state index in [-0.39, 0.29) is 5.91 Å². The molecule has 6 heteroatoms. The van der Waals surface area contributed by atoms with Gasteiger partial charge >= 0.3 is 0 Å². The Morgan fingerprint density at radius 1 is 1.32 bits per heavy atom. The Kier molecular flexibility index (Phi) is 6.80. The van der Waals surface area contributed by atoms with Crippen LogP contribution in [0.5, 0.6) is 5.75 Å². The Balaban J connectivity index is 1.86. The van der Waals surface area contributed by atoms with E-state index in [0.29, 0.717) is 33.8 Å². The maximum Gasteiger partial charge on any atom is 0.256 e. The van der Waals surface area contributed by atoms with Gasteiger partial charge in [0, 0.05) is 19.8 Å². The van der Waals surface area contributed by atoms with E-state index in [2.05, 4.69) is 5.32 Å². The zero-order valence-corrected chi connectivity index (χ0v) is 14.2.